The Kier molecular flexibility index (Phi) is 3.89. The Morgan fingerprint density at radius 1 is 1.53 bits per heavy atom. The van der Waals surface area contributed by atoms with Crippen molar-refractivity contribution in [2.45, 2.75) is 26.3 Å². The molecule has 1 saturated heterocycles. The normalized spacial score (nSPS) is 21.3. The number of pyridine rings is 1. The fraction of sp³-hybridized carbons (Fsp3) is 0.538. The van der Waals surface area contributed by atoms with Gasteiger partial charge >= 0.3 is 0 Å². The molecule has 1 aromatic heterocycles. The van der Waals surface area contributed by atoms with Crippen LogP contribution in [-0.2, 0) is 9.84 Å². The predicted octanol–water partition coefficient (Wildman–Crippen LogP) is 1.04. The van der Waals surface area contributed by atoms with Crippen LogP contribution < -0.4 is 0 Å². The molecule has 1 amide bonds. The van der Waals surface area contributed by atoms with Crippen molar-refractivity contribution < 1.29 is 13.2 Å². The highest BCUT2D eigenvalue weighted by Gasteiger charge is 2.34. The van der Waals surface area contributed by atoms with Crippen LogP contribution in [0.25, 0.3) is 0 Å². The number of aryl methyl sites for hydroxylation is 1. The lowest BCUT2D eigenvalue weighted by atomic mass is 10.1. The fourth-order valence-corrected chi connectivity index (χ4v) is 4.16. The largest absolute Gasteiger partial charge is 0.335 e. The van der Waals surface area contributed by atoms with Crippen molar-refractivity contribution in [2.24, 2.45) is 0 Å². The third kappa shape index (κ3) is 2.94. The van der Waals surface area contributed by atoms with Gasteiger partial charge in [0, 0.05) is 25.0 Å². The summed E-state index contributed by atoms with van der Waals surface area (Å²) in [5.74, 6) is 0.120. The van der Waals surface area contributed by atoms with E-state index in [1.807, 2.05) is 13.8 Å². The molecule has 1 atom stereocenters. The van der Waals surface area contributed by atoms with Crippen molar-refractivity contribution >= 4 is 15.7 Å². The lowest BCUT2D eigenvalue weighted by Gasteiger charge is -2.27. The Hall–Kier alpha value is -1.43. The van der Waals surface area contributed by atoms with Gasteiger partial charge in [0.15, 0.2) is 9.84 Å². The number of aromatic nitrogens is 1. The van der Waals surface area contributed by atoms with E-state index in [1.54, 1.807) is 23.4 Å². The van der Waals surface area contributed by atoms with Crippen LogP contribution in [0.1, 0.15) is 29.3 Å². The minimum atomic E-state index is -2.99. The fourth-order valence-electron chi connectivity index (χ4n) is 2.43. The summed E-state index contributed by atoms with van der Waals surface area (Å²) in [7, 11) is -2.99. The maximum Gasteiger partial charge on any atom is 0.255 e. The van der Waals surface area contributed by atoms with E-state index in [9.17, 15) is 13.2 Å². The molecule has 104 valence electrons. The molecule has 1 unspecified atom stereocenters. The molecule has 1 aromatic rings. The molecule has 19 heavy (non-hydrogen) atoms. The molecule has 1 aliphatic rings. The predicted molar refractivity (Wildman–Crippen MR) is 72.7 cm³/mol. The van der Waals surface area contributed by atoms with Gasteiger partial charge in [-0.2, -0.15) is 0 Å². The Morgan fingerprint density at radius 2 is 2.26 bits per heavy atom. The SMILES string of the molecule is CCN(C(=O)c1cnccc1C)C1CCS(=O)(=O)C1. The summed E-state index contributed by atoms with van der Waals surface area (Å²) in [6, 6.07) is 1.58. The van der Waals surface area contributed by atoms with Gasteiger partial charge in [-0.3, -0.25) is 9.78 Å². The summed E-state index contributed by atoms with van der Waals surface area (Å²) in [5.41, 5.74) is 1.41. The molecule has 0 saturated carbocycles. The van der Waals surface area contributed by atoms with Crippen LogP contribution in [0.2, 0.25) is 0 Å². The second kappa shape index (κ2) is 5.28. The van der Waals surface area contributed by atoms with Gasteiger partial charge in [0.25, 0.3) is 5.91 Å². The first-order valence-electron chi connectivity index (χ1n) is 6.36. The first-order chi connectivity index (χ1) is 8.94. The number of carbonyl (C=O) groups excluding carboxylic acids is 1. The third-order valence-electron chi connectivity index (χ3n) is 3.52. The third-order valence-corrected chi connectivity index (χ3v) is 5.27. The maximum atomic E-state index is 12.5. The number of hydrogen-bond acceptors (Lipinski definition) is 4. The maximum absolute atomic E-state index is 12.5. The van der Waals surface area contributed by atoms with E-state index in [2.05, 4.69) is 4.98 Å². The number of amides is 1. The molecular formula is C13H18N2O3S. The second-order valence-corrected chi connectivity index (χ2v) is 7.07. The molecule has 1 aliphatic heterocycles. The number of nitrogens with zero attached hydrogens (tertiary/aromatic N) is 2. The molecule has 6 heteroatoms. The summed E-state index contributed by atoms with van der Waals surface area (Å²) in [6.45, 7) is 4.23. The van der Waals surface area contributed by atoms with Crippen LogP contribution in [0.15, 0.2) is 18.5 Å². The van der Waals surface area contributed by atoms with Crippen LogP contribution in [0.5, 0.6) is 0 Å². The van der Waals surface area contributed by atoms with Gasteiger partial charge in [-0.05, 0) is 31.9 Å². The lowest BCUT2D eigenvalue weighted by molar-refractivity contribution is 0.0707. The van der Waals surface area contributed by atoms with Crippen LogP contribution in [0, 0.1) is 6.92 Å². The Balaban J connectivity index is 2.24. The van der Waals surface area contributed by atoms with Crippen molar-refractivity contribution in [2.75, 3.05) is 18.1 Å². The van der Waals surface area contributed by atoms with Crippen molar-refractivity contribution in [3.63, 3.8) is 0 Å². The van der Waals surface area contributed by atoms with Crippen LogP contribution in [0.4, 0.5) is 0 Å². The van der Waals surface area contributed by atoms with Crippen LogP contribution >= 0.6 is 0 Å². The van der Waals surface area contributed by atoms with Crippen molar-refractivity contribution in [3.05, 3.63) is 29.6 Å². The highest BCUT2D eigenvalue weighted by Crippen LogP contribution is 2.20. The Labute approximate surface area is 113 Å². The average Bonchev–Trinajstić information content (AvgIpc) is 2.71. The van der Waals surface area contributed by atoms with Crippen molar-refractivity contribution in [1.82, 2.24) is 9.88 Å². The highest BCUT2D eigenvalue weighted by molar-refractivity contribution is 7.91. The monoisotopic (exact) mass is 282 g/mol. The minimum Gasteiger partial charge on any atom is -0.335 e. The molecule has 5 nitrogen and oxygen atoms in total. The molecule has 0 N–H and O–H groups in total. The van der Waals surface area contributed by atoms with Crippen LogP contribution in [-0.4, -0.2) is 48.3 Å². The molecule has 0 aliphatic carbocycles. The Morgan fingerprint density at radius 3 is 2.79 bits per heavy atom. The second-order valence-electron chi connectivity index (χ2n) is 4.84. The first-order valence-corrected chi connectivity index (χ1v) is 8.18. The van der Waals surface area contributed by atoms with Gasteiger partial charge in [0.1, 0.15) is 0 Å². The van der Waals surface area contributed by atoms with Crippen molar-refractivity contribution in [3.8, 4) is 0 Å². The van der Waals surface area contributed by atoms with E-state index in [-0.39, 0.29) is 23.5 Å². The minimum absolute atomic E-state index is 0.0753. The summed E-state index contributed by atoms with van der Waals surface area (Å²) in [5, 5.41) is 0. The lowest BCUT2D eigenvalue weighted by Crippen LogP contribution is -2.41. The molecule has 0 bridgehead atoms. The molecule has 0 aromatic carbocycles. The molecular weight excluding hydrogens is 264 g/mol. The zero-order valence-electron chi connectivity index (χ0n) is 11.2. The van der Waals surface area contributed by atoms with Gasteiger partial charge in [0.2, 0.25) is 0 Å². The summed E-state index contributed by atoms with van der Waals surface area (Å²) < 4.78 is 23.1. The zero-order chi connectivity index (χ0) is 14.0. The summed E-state index contributed by atoms with van der Waals surface area (Å²) >= 11 is 0. The summed E-state index contributed by atoms with van der Waals surface area (Å²) in [6.07, 6.45) is 3.72. The number of rotatable bonds is 3. The van der Waals surface area contributed by atoms with E-state index < -0.39 is 9.84 Å². The smallest absolute Gasteiger partial charge is 0.255 e. The molecule has 1 fully saturated rings. The van der Waals surface area contributed by atoms with Gasteiger partial charge in [0.05, 0.1) is 17.1 Å². The molecule has 2 heterocycles. The van der Waals surface area contributed by atoms with E-state index >= 15 is 0 Å². The van der Waals surface area contributed by atoms with Gasteiger partial charge in [-0.15, -0.1) is 0 Å². The van der Waals surface area contributed by atoms with Gasteiger partial charge in [-0.25, -0.2) is 8.42 Å². The van der Waals surface area contributed by atoms with E-state index in [4.69, 9.17) is 0 Å². The van der Waals surface area contributed by atoms with Gasteiger partial charge < -0.3 is 4.90 Å². The molecule has 0 radical (unpaired) electrons. The molecule has 2 rings (SSSR count). The highest BCUT2D eigenvalue weighted by atomic mass is 32.2. The average molecular weight is 282 g/mol. The van der Waals surface area contributed by atoms with Crippen molar-refractivity contribution in [1.29, 1.82) is 0 Å². The number of hydrogen-bond donors (Lipinski definition) is 0. The quantitative estimate of drug-likeness (QED) is 0.830. The number of carbonyl (C=O) groups is 1. The zero-order valence-corrected chi connectivity index (χ0v) is 12.0. The topological polar surface area (TPSA) is 67.3 Å². The summed E-state index contributed by atoms with van der Waals surface area (Å²) in [4.78, 5) is 18.1. The molecule has 0 spiro atoms. The number of sulfone groups is 1. The van der Waals surface area contributed by atoms with E-state index in [0.29, 0.717) is 18.5 Å². The first kappa shape index (κ1) is 14.0. The van der Waals surface area contributed by atoms with E-state index in [1.165, 1.54) is 0 Å². The van der Waals surface area contributed by atoms with E-state index in [0.717, 1.165) is 5.56 Å². The Bertz CT molecular complexity index is 583. The van der Waals surface area contributed by atoms with Gasteiger partial charge in [-0.1, -0.05) is 0 Å². The van der Waals surface area contributed by atoms with Crippen LogP contribution in [0.3, 0.4) is 0 Å². The standard InChI is InChI=1S/C13H18N2O3S/c1-3-15(11-5-7-19(17,18)9-11)13(16)12-8-14-6-4-10(12)2/h4,6,8,11H,3,5,7,9H2,1-2H3.